The van der Waals surface area contributed by atoms with Crippen molar-refractivity contribution in [1.29, 1.82) is 0 Å². The number of benzene rings is 1. The molecule has 0 saturated heterocycles. The Kier molecular flexibility index (Phi) is 4.29. The van der Waals surface area contributed by atoms with Crippen LogP contribution in [0.25, 0.3) is 0 Å². The maximum atomic E-state index is 11.4. The van der Waals surface area contributed by atoms with Gasteiger partial charge in [-0.1, -0.05) is 18.2 Å². The Labute approximate surface area is 87.4 Å². The molecule has 1 aromatic rings. The summed E-state index contributed by atoms with van der Waals surface area (Å²) in [6.07, 6.45) is 0. The molecule has 80 valence electrons. The smallest absolute Gasteiger partial charge is 0.435 e. The van der Waals surface area contributed by atoms with Gasteiger partial charge >= 0.3 is 13.1 Å². The largest absolute Gasteiger partial charge is 0.489 e. The molecular weight excluding hydrogens is 199 g/mol. The van der Waals surface area contributed by atoms with E-state index in [0.717, 1.165) is 0 Å². The van der Waals surface area contributed by atoms with Gasteiger partial charge in [0.05, 0.1) is 5.56 Å². The van der Waals surface area contributed by atoms with Crippen LogP contribution in [-0.2, 0) is 9.47 Å². The molecule has 0 fully saturated rings. The molecule has 0 aliphatic carbocycles. The van der Waals surface area contributed by atoms with Gasteiger partial charge in [-0.3, -0.25) is 0 Å². The molecule has 0 atom stereocenters. The number of ether oxygens (including phenoxy) is 2. The molecule has 0 aliphatic heterocycles. The molecular formula is C9H11BO5. The molecule has 0 unspecified atom stereocenters. The van der Waals surface area contributed by atoms with Crippen molar-refractivity contribution in [3.8, 4) is 0 Å². The molecule has 0 heterocycles. The lowest BCUT2D eigenvalue weighted by atomic mass is 9.77. The zero-order valence-electron chi connectivity index (χ0n) is 8.21. The molecule has 6 heteroatoms. The normalized spacial score (nSPS) is 9.80. The van der Waals surface area contributed by atoms with Gasteiger partial charge in [-0.2, -0.15) is 0 Å². The first-order valence-corrected chi connectivity index (χ1v) is 4.28. The van der Waals surface area contributed by atoms with Gasteiger partial charge in [0.1, 0.15) is 0 Å². The average Bonchev–Trinajstić information content (AvgIpc) is 2.25. The van der Waals surface area contributed by atoms with Gasteiger partial charge in [-0.05, 0) is 11.5 Å². The fraction of sp³-hybridized carbons (Fsp3) is 0.222. The Morgan fingerprint density at radius 1 is 1.40 bits per heavy atom. The van der Waals surface area contributed by atoms with Crippen molar-refractivity contribution in [3.05, 3.63) is 29.8 Å². The molecule has 15 heavy (non-hydrogen) atoms. The van der Waals surface area contributed by atoms with E-state index in [1.807, 2.05) is 0 Å². The molecule has 0 spiro atoms. The molecule has 0 amide bonds. The Morgan fingerprint density at radius 2 is 2.07 bits per heavy atom. The van der Waals surface area contributed by atoms with Crippen molar-refractivity contribution in [2.75, 3.05) is 13.9 Å². The maximum absolute atomic E-state index is 11.4. The summed E-state index contributed by atoms with van der Waals surface area (Å²) in [6.45, 7) is -0.172. The highest BCUT2D eigenvalue weighted by molar-refractivity contribution is 6.60. The highest BCUT2D eigenvalue weighted by Gasteiger charge is 2.20. The number of rotatable bonds is 4. The first kappa shape index (κ1) is 11.7. The van der Waals surface area contributed by atoms with Gasteiger partial charge in [0, 0.05) is 7.11 Å². The molecule has 0 radical (unpaired) electrons. The number of esters is 1. The molecule has 0 saturated carbocycles. The highest BCUT2D eigenvalue weighted by atomic mass is 16.7. The van der Waals surface area contributed by atoms with Gasteiger partial charge in [0.25, 0.3) is 0 Å². The molecule has 1 aromatic carbocycles. The van der Waals surface area contributed by atoms with Crippen LogP contribution < -0.4 is 5.46 Å². The third-order valence-electron chi connectivity index (χ3n) is 1.77. The Balaban J connectivity index is 2.87. The Hall–Kier alpha value is -1.37. The van der Waals surface area contributed by atoms with E-state index in [1.165, 1.54) is 19.2 Å². The van der Waals surface area contributed by atoms with Crippen molar-refractivity contribution in [2.45, 2.75) is 0 Å². The minimum Gasteiger partial charge on any atom is -0.435 e. The van der Waals surface area contributed by atoms with Gasteiger partial charge in [0.15, 0.2) is 6.79 Å². The predicted octanol–water partition coefficient (Wildman–Crippen LogP) is -0.873. The standard InChI is InChI=1S/C9H11BO5/c1-14-6-15-9(11)7-4-2-3-5-8(7)10(12)13/h2-5,12-13H,6H2,1H3. The molecule has 5 nitrogen and oxygen atoms in total. The zero-order chi connectivity index (χ0) is 11.3. The van der Waals surface area contributed by atoms with Gasteiger partial charge in [0.2, 0.25) is 0 Å². The van der Waals surface area contributed by atoms with Crippen molar-refractivity contribution < 1.29 is 24.3 Å². The van der Waals surface area contributed by atoms with Gasteiger partial charge < -0.3 is 19.5 Å². The van der Waals surface area contributed by atoms with E-state index in [1.54, 1.807) is 12.1 Å². The summed E-state index contributed by atoms with van der Waals surface area (Å²) in [5.74, 6) is -0.652. The van der Waals surface area contributed by atoms with Crippen LogP contribution in [0.3, 0.4) is 0 Å². The van der Waals surface area contributed by atoms with Crippen LogP contribution >= 0.6 is 0 Å². The van der Waals surface area contributed by atoms with Crippen molar-refractivity contribution in [2.24, 2.45) is 0 Å². The third kappa shape index (κ3) is 3.05. The fourth-order valence-corrected chi connectivity index (χ4v) is 1.10. The lowest BCUT2D eigenvalue weighted by Gasteiger charge is -2.07. The van der Waals surface area contributed by atoms with Crippen LogP contribution in [0.15, 0.2) is 24.3 Å². The predicted molar refractivity (Wildman–Crippen MR) is 53.6 cm³/mol. The van der Waals surface area contributed by atoms with Crippen LogP contribution in [0.1, 0.15) is 10.4 Å². The zero-order valence-corrected chi connectivity index (χ0v) is 8.21. The van der Waals surface area contributed by atoms with Crippen LogP contribution in [0, 0.1) is 0 Å². The minimum atomic E-state index is -1.70. The first-order valence-electron chi connectivity index (χ1n) is 4.28. The molecule has 0 aromatic heterocycles. The maximum Gasteiger partial charge on any atom is 0.489 e. The summed E-state index contributed by atoms with van der Waals surface area (Å²) < 4.78 is 9.25. The van der Waals surface area contributed by atoms with Crippen molar-refractivity contribution in [3.63, 3.8) is 0 Å². The van der Waals surface area contributed by atoms with Gasteiger partial charge in [-0.25, -0.2) is 4.79 Å². The number of hydrogen-bond acceptors (Lipinski definition) is 5. The van der Waals surface area contributed by atoms with Crippen LogP contribution in [0.5, 0.6) is 0 Å². The summed E-state index contributed by atoms with van der Waals surface area (Å²) >= 11 is 0. The number of carbonyl (C=O) groups excluding carboxylic acids is 1. The van der Waals surface area contributed by atoms with E-state index < -0.39 is 13.1 Å². The highest BCUT2D eigenvalue weighted by Crippen LogP contribution is 2.00. The summed E-state index contributed by atoms with van der Waals surface area (Å²) in [5.41, 5.74) is 0.225. The van der Waals surface area contributed by atoms with E-state index in [0.29, 0.717) is 0 Å². The Morgan fingerprint density at radius 3 is 2.67 bits per heavy atom. The van der Waals surface area contributed by atoms with E-state index in [-0.39, 0.29) is 17.8 Å². The van der Waals surface area contributed by atoms with Crippen LogP contribution in [0.2, 0.25) is 0 Å². The second-order valence-corrected chi connectivity index (χ2v) is 2.80. The summed E-state index contributed by atoms with van der Waals surface area (Å²) in [6, 6.07) is 6.10. The molecule has 0 bridgehead atoms. The van der Waals surface area contributed by atoms with E-state index in [4.69, 9.17) is 10.0 Å². The SMILES string of the molecule is COCOC(=O)c1ccccc1B(O)O. The van der Waals surface area contributed by atoms with E-state index >= 15 is 0 Å². The Bertz CT molecular complexity index is 339. The quantitative estimate of drug-likeness (QED) is 0.383. The molecule has 2 N–H and O–H groups in total. The number of hydrogen-bond donors (Lipinski definition) is 2. The third-order valence-corrected chi connectivity index (χ3v) is 1.77. The first-order chi connectivity index (χ1) is 7.16. The van der Waals surface area contributed by atoms with Crippen molar-refractivity contribution >= 4 is 18.6 Å². The summed E-state index contributed by atoms with van der Waals surface area (Å²) in [5, 5.41) is 18.0. The number of methoxy groups -OCH3 is 1. The van der Waals surface area contributed by atoms with E-state index in [2.05, 4.69) is 9.47 Å². The van der Waals surface area contributed by atoms with Crippen LogP contribution in [-0.4, -0.2) is 37.0 Å². The number of carbonyl (C=O) groups is 1. The lowest BCUT2D eigenvalue weighted by Crippen LogP contribution is -2.35. The lowest BCUT2D eigenvalue weighted by molar-refractivity contribution is -0.0124. The monoisotopic (exact) mass is 210 g/mol. The second-order valence-electron chi connectivity index (χ2n) is 2.80. The topological polar surface area (TPSA) is 76.0 Å². The summed E-state index contributed by atoms with van der Waals surface area (Å²) in [7, 11) is -0.309. The van der Waals surface area contributed by atoms with Crippen molar-refractivity contribution in [1.82, 2.24) is 0 Å². The van der Waals surface area contributed by atoms with Gasteiger partial charge in [-0.15, -0.1) is 0 Å². The fourth-order valence-electron chi connectivity index (χ4n) is 1.10. The summed E-state index contributed by atoms with van der Waals surface area (Å²) in [4.78, 5) is 11.4. The molecule has 0 aliphatic rings. The second kappa shape index (κ2) is 5.50. The van der Waals surface area contributed by atoms with Crippen LogP contribution in [0.4, 0.5) is 0 Å². The molecule has 1 rings (SSSR count). The average molecular weight is 210 g/mol. The minimum absolute atomic E-state index is 0.110. The van der Waals surface area contributed by atoms with E-state index in [9.17, 15) is 4.79 Å².